The largest absolute Gasteiger partial charge is 0.481 e. The number of aliphatic carboxylic acids is 1. The van der Waals surface area contributed by atoms with Crippen LogP contribution in [-0.2, 0) is 9.53 Å². The Morgan fingerprint density at radius 3 is 2.82 bits per heavy atom. The zero-order valence-corrected chi connectivity index (χ0v) is 13.3. The van der Waals surface area contributed by atoms with Gasteiger partial charge in [0, 0.05) is 13.0 Å². The van der Waals surface area contributed by atoms with Gasteiger partial charge in [0.2, 0.25) is 0 Å². The molecule has 0 saturated heterocycles. The van der Waals surface area contributed by atoms with E-state index in [1.807, 2.05) is 0 Å². The Hall–Kier alpha value is -0.870. The van der Waals surface area contributed by atoms with E-state index < -0.39 is 11.9 Å². The van der Waals surface area contributed by atoms with Gasteiger partial charge in [0.15, 0.2) is 0 Å². The van der Waals surface area contributed by atoms with Crippen molar-refractivity contribution in [1.82, 2.24) is 0 Å². The molecule has 4 nitrogen and oxygen atoms in total. The standard InChI is InChI=1S/C18H26O4/c1-10-8-17-9-11(10)3-4-14(17)18(22-2)6-5-12(19)7-13(18)15(17)16(20)21/h11-15,19H,1,3-9H2,2H3,(H,20,21). The van der Waals surface area contributed by atoms with Crippen LogP contribution in [-0.4, -0.2) is 35.0 Å². The van der Waals surface area contributed by atoms with Gasteiger partial charge in [-0.15, -0.1) is 0 Å². The Balaban J connectivity index is 1.86. The molecule has 0 aromatic carbocycles. The van der Waals surface area contributed by atoms with Crippen LogP contribution in [0.5, 0.6) is 0 Å². The van der Waals surface area contributed by atoms with E-state index in [4.69, 9.17) is 4.74 Å². The van der Waals surface area contributed by atoms with Gasteiger partial charge in [-0.2, -0.15) is 0 Å². The quantitative estimate of drug-likeness (QED) is 0.770. The van der Waals surface area contributed by atoms with Crippen LogP contribution in [0.1, 0.15) is 44.9 Å². The first-order chi connectivity index (χ1) is 10.4. The first-order valence-electron chi connectivity index (χ1n) is 8.58. The fourth-order valence-corrected chi connectivity index (χ4v) is 6.91. The molecule has 4 aliphatic rings. The van der Waals surface area contributed by atoms with Crippen molar-refractivity contribution < 1.29 is 19.7 Å². The van der Waals surface area contributed by atoms with Gasteiger partial charge in [0.05, 0.1) is 17.6 Å². The molecule has 0 amide bonds. The molecule has 22 heavy (non-hydrogen) atoms. The van der Waals surface area contributed by atoms with Gasteiger partial charge in [-0.05, 0) is 62.2 Å². The van der Waals surface area contributed by atoms with Crippen molar-refractivity contribution in [3.8, 4) is 0 Å². The molecule has 4 rings (SSSR count). The number of aliphatic hydroxyl groups is 1. The molecule has 7 atom stereocenters. The van der Waals surface area contributed by atoms with Gasteiger partial charge in [0.25, 0.3) is 0 Å². The Labute approximate surface area is 131 Å². The maximum absolute atomic E-state index is 12.2. The summed E-state index contributed by atoms with van der Waals surface area (Å²) in [5, 5.41) is 20.2. The molecule has 4 saturated carbocycles. The predicted molar refractivity (Wildman–Crippen MR) is 81.2 cm³/mol. The number of hydrogen-bond acceptors (Lipinski definition) is 3. The number of rotatable bonds is 2. The highest BCUT2D eigenvalue weighted by Gasteiger charge is 2.73. The highest BCUT2D eigenvalue weighted by molar-refractivity contribution is 5.73. The second-order valence-electron chi connectivity index (χ2n) is 8.11. The van der Waals surface area contributed by atoms with Gasteiger partial charge in [-0.25, -0.2) is 0 Å². The summed E-state index contributed by atoms with van der Waals surface area (Å²) in [7, 11) is 1.75. The van der Waals surface area contributed by atoms with Crippen molar-refractivity contribution in [2.75, 3.05) is 7.11 Å². The molecular formula is C18H26O4. The maximum Gasteiger partial charge on any atom is 0.307 e. The fourth-order valence-electron chi connectivity index (χ4n) is 6.91. The summed E-state index contributed by atoms with van der Waals surface area (Å²) in [5.74, 6) is -0.350. The average Bonchev–Trinajstić information content (AvgIpc) is 2.86. The Bertz CT molecular complexity index is 529. The number of ether oxygens (including phenoxy) is 1. The number of fused-ring (bicyclic) bond motifs is 3. The number of allylic oxidation sites excluding steroid dienone is 1. The number of carbonyl (C=O) groups is 1. The van der Waals surface area contributed by atoms with Crippen LogP contribution in [0.4, 0.5) is 0 Å². The molecule has 7 unspecified atom stereocenters. The first-order valence-corrected chi connectivity index (χ1v) is 8.58. The van der Waals surface area contributed by atoms with E-state index >= 15 is 0 Å². The van der Waals surface area contributed by atoms with E-state index in [9.17, 15) is 15.0 Å². The minimum absolute atomic E-state index is 0.0617. The average molecular weight is 306 g/mol. The number of methoxy groups -OCH3 is 1. The summed E-state index contributed by atoms with van der Waals surface area (Å²) in [6.45, 7) is 4.24. The minimum atomic E-state index is -0.696. The second kappa shape index (κ2) is 4.57. The zero-order chi connectivity index (χ0) is 15.7. The lowest BCUT2D eigenvalue weighted by molar-refractivity contribution is -0.152. The summed E-state index contributed by atoms with van der Waals surface area (Å²) in [4.78, 5) is 12.2. The molecule has 0 heterocycles. The van der Waals surface area contributed by atoms with Gasteiger partial charge in [-0.3, -0.25) is 4.79 Å². The monoisotopic (exact) mass is 306 g/mol. The van der Waals surface area contributed by atoms with Crippen molar-refractivity contribution in [2.24, 2.45) is 29.1 Å². The van der Waals surface area contributed by atoms with Gasteiger partial charge in [0.1, 0.15) is 0 Å². The van der Waals surface area contributed by atoms with Crippen molar-refractivity contribution in [1.29, 1.82) is 0 Å². The molecule has 4 aliphatic carbocycles. The molecule has 2 bridgehead atoms. The Kier molecular flexibility index (Phi) is 3.06. The molecule has 2 N–H and O–H groups in total. The normalized spacial score (nSPS) is 53.2. The number of carboxylic acids is 1. The van der Waals surface area contributed by atoms with Crippen LogP contribution >= 0.6 is 0 Å². The summed E-state index contributed by atoms with van der Waals surface area (Å²) < 4.78 is 6.08. The molecule has 0 radical (unpaired) electrons. The second-order valence-corrected chi connectivity index (χ2v) is 8.11. The topological polar surface area (TPSA) is 66.8 Å². The first kappa shape index (κ1) is 14.7. The molecule has 4 heteroatoms. The van der Waals surface area contributed by atoms with E-state index in [1.54, 1.807) is 7.11 Å². The highest BCUT2D eigenvalue weighted by Crippen LogP contribution is 2.73. The van der Waals surface area contributed by atoms with E-state index in [-0.39, 0.29) is 23.0 Å². The number of aliphatic hydroxyl groups excluding tert-OH is 1. The molecule has 4 fully saturated rings. The van der Waals surface area contributed by atoms with Crippen LogP contribution in [0.25, 0.3) is 0 Å². The fraction of sp³-hybridized carbons (Fsp3) is 0.833. The SMILES string of the molecule is C=C1CC23CC1CCC2C1(OC)CCC(O)CC1C3C(=O)O. The van der Waals surface area contributed by atoms with Crippen LogP contribution in [0.15, 0.2) is 12.2 Å². The van der Waals surface area contributed by atoms with Crippen molar-refractivity contribution >= 4 is 5.97 Å². The summed E-state index contributed by atoms with van der Waals surface area (Å²) in [5.41, 5.74) is 0.716. The van der Waals surface area contributed by atoms with Crippen LogP contribution in [0.3, 0.4) is 0 Å². The highest BCUT2D eigenvalue weighted by atomic mass is 16.5. The third kappa shape index (κ3) is 1.58. The smallest absolute Gasteiger partial charge is 0.307 e. The Morgan fingerprint density at radius 2 is 2.14 bits per heavy atom. The van der Waals surface area contributed by atoms with Gasteiger partial charge < -0.3 is 14.9 Å². The van der Waals surface area contributed by atoms with Crippen molar-refractivity contribution in [3.63, 3.8) is 0 Å². The predicted octanol–water partition coefficient (Wildman–Crippen LogP) is 2.61. The number of hydrogen-bond donors (Lipinski definition) is 2. The molecule has 0 aromatic heterocycles. The molecule has 0 aliphatic heterocycles. The summed E-state index contributed by atoms with van der Waals surface area (Å²) in [6.07, 6.45) is 5.69. The van der Waals surface area contributed by atoms with E-state index in [2.05, 4.69) is 6.58 Å². The van der Waals surface area contributed by atoms with Crippen LogP contribution in [0, 0.1) is 29.1 Å². The van der Waals surface area contributed by atoms with Crippen molar-refractivity contribution in [2.45, 2.75) is 56.7 Å². The van der Waals surface area contributed by atoms with Gasteiger partial charge >= 0.3 is 5.97 Å². The van der Waals surface area contributed by atoms with E-state index in [1.165, 1.54) is 5.57 Å². The third-order valence-electron chi connectivity index (χ3n) is 7.54. The molecule has 0 aromatic rings. The number of carboxylic acid groups (broad SMARTS) is 1. The minimum Gasteiger partial charge on any atom is -0.481 e. The van der Waals surface area contributed by atoms with Crippen molar-refractivity contribution in [3.05, 3.63) is 12.2 Å². The van der Waals surface area contributed by atoms with E-state index in [0.29, 0.717) is 18.3 Å². The lowest BCUT2D eigenvalue weighted by atomic mass is 9.63. The summed E-state index contributed by atoms with van der Waals surface area (Å²) >= 11 is 0. The Morgan fingerprint density at radius 1 is 1.36 bits per heavy atom. The lowest BCUT2D eigenvalue weighted by Crippen LogP contribution is -2.49. The maximum atomic E-state index is 12.2. The van der Waals surface area contributed by atoms with Crippen LogP contribution in [0.2, 0.25) is 0 Å². The molecule has 1 spiro atoms. The molecular weight excluding hydrogens is 280 g/mol. The van der Waals surface area contributed by atoms with Gasteiger partial charge in [-0.1, -0.05) is 12.2 Å². The van der Waals surface area contributed by atoms with E-state index in [0.717, 1.165) is 38.5 Å². The molecule has 122 valence electrons. The lowest BCUT2D eigenvalue weighted by Gasteiger charge is -2.47. The zero-order valence-electron chi connectivity index (χ0n) is 13.3. The summed E-state index contributed by atoms with van der Waals surface area (Å²) in [6, 6.07) is 0. The van der Waals surface area contributed by atoms with Crippen LogP contribution < -0.4 is 0 Å². The third-order valence-corrected chi connectivity index (χ3v) is 7.54.